The highest BCUT2D eigenvalue weighted by Gasteiger charge is 2.31. The summed E-state index contributed by atoms with van der Waals surface area (Å²) in [6, 6.07) is 11.8. The van der Waals surface area contributed by atoms with E-state index >= 15 is 0 Å². The molecule has 1 aliphatic carbocycles. The third-order valence-electron chi connectivity index (χ3n) is 4.48. The molecule has 0 unspecified atom stereocenters. The number of para-hydroxylation sites is 1. The van der Waals surface area contributed by atoms with E-state index in [1.807, 2.05) is 41.3 Å². The average Bonchev–Trinajstić information content (AvgIpc) is 3.43. The van der Waals surface area contributed by atoms with Crippen LogP contribution in [0.15, 0.2) is 59.3 Å². The summed E-state index contributed by atoms with van der Waals surface area (Å²) in [5.74, 6) is 1.31. The maximum atomic E-state index is 12.7. The van der Waals surface area contributed by atoms with Gasteiger partial charge in [0.1, 0.15) is 5.76 Å². The number of hydrogen-bond acceptors (Lipinski definition) is 4. The number of carbonyl (C=O) groups excluding carboxylic acids is 1. The molecule has 1 fully saturated rings. The van der Waals surface area contributed by atoms with Gasteiger partial charge in [-0.25, -0.2) is 0 Å². The summed E-state index contributed by atoms with van der Waals surface area (Å²) < 4.78 is 11.1. The third-order valence-corrected chi connectivity index (χ3v) is 4.48. The molecular formula is C21H20N2O3. The number of aromatic nitrogens is 1. The lowest BCUT2D eigenvalue weighted by Crippen LogP contribution is -2.31. The van der Waals surface area contributed by atoms with Gasteiger partial charge in [0.15, 0.2) is 11.3 Å². The molecule has 0 saturated heterocycles. The zero-order valence-corrected chi connectivity index (χ0v) is 14.6. The van der Waals surface area contributed by atoms with Crippen LogP contribution < -0.4 is 4.74 Å². The number of amides is 1. The van der Waals surface area contributed by atoms with Gasteiger partial charge in [-0.15, -0.1) is 0 Å². The molecule has 0 spiro atoms. The zero-order valence-electron chi connectivity index (χ0n) is 14.6. The van der Waals surface area contributed by atoms with Crippen LogP contribution in [0, 0.1) is 0 Å². The number of pyridine rings is 1. The number of hydrogen-bond donors (Lipinski definition) is 0. The van der Waals surface area contributed by atoms with Crippen molar-refractivity contribution in [2.45, 2.75) is 25.4 Å². The third kappa shape index (κ3) is 3.47. The minimum atomic E-state index is -0.0104. The van der Waals surface area contributed by atoms with Crippen LogP contribution in [0.25, 0.3) is 17.0 Å². The second-order valence-electron chi connectivity index (χ2n) is 6.42. The van der Waals surface area contributed by atoms with Crippen LogP contribution in [0.2, 0.25) is 0 Å². The molecule has 0 atom stereocenters. The summed E-state index contributed by atoms with van der Waals surface area (Å²) in [5.41, 5.74) is 1.73. The van der Waals surface area contributed by atoms with Gasteiger partial charge in [0, 0.05) is 36.4 Å². The molecule has 5 heteroatoms. The lowest BCUT2D eigenvalue weighted by Gasteiger charge is -2.20. The van der Waals surface area contributed by atoms with Crippen LogP contribution in [-0.2, 0) is 11.3 Å². The summed E-state index contributed by atoms with van der Waals surface area (Å²) in [6.45, 7) is 0.579. The highest BCUT2D eigenvalue weighted by atomic mass is 16.5. The number of nitrogens with zero attached hydrogens (tertiary/aromatic N) is 2. The average molecular weight is 348 g/mol. The largest absolute Gasteiger partial charge is 0.493 e. The molecule has 2 aromatic heterocycles. The van der Waals surface area contributed by atoms with Crippen LogP contribution in [0.4, 0.5) is 0 Å². The molecule has 0 N–H and O–H groups in total. The fraction of sp³-hybridized carbons (Fsp3) is 0.238. The summed E-state index contributed by atoms with van der Waals surface area (Å²) >= 11 is 0. The lowest BCUT2D eigenvalue weighted by molar-refractivity contribution is -0.127. The summed E-state index contributed by atoms with van der Waals surface area (Å²) in [6.07, 6.45) is 8.96. The van der Waals surface area contributed by atoms with Crippen molar-refractivity contribution in [3.05, 3.63) is 66.2 Å². The maximum absolute atomic E-state index is 12.7. The second kappa shape index (κ2) is 7.04. The first-order chi connectivity index (χ1) is 12.7. The summed E-state index contributed by atoms with van der Waals surface area (Å²) in [4.78, 5) is 18.7. The zero-order chi connectivity index (χ0) is 17.9. The molecule has 0 radical (unpaired) electrons. The summed E-state index contributed by atoms with van der Waals surface area (Å²) in [5, 5.41) is 0.950. The number of rotatable bonds is 6. The van der Waals surface area contributed by atoms with E-state index in [1.165, 1.54) is 0 Å². The molecular weight excluding hydrogens is 328 g/mol. The topological polar surface area (TPSA) is 55.6 Å². The molecule has 132 valence electrons. The first-order valence-electron chi connectivity index (χ1n) is 8.69. The van der Waals surface area contributed by atoms with Crippen LogP contribution >= 0.6 is 0 Å². The molecule has 0 bridgehead atoms. The number of carbonyl (C=O) groups is 1. The molecule has 1 aliphatic rings. The lowest BCUT2D eigenvalue weighted by atomic mass is 10.2. The van der Waals surface area contributed by atoms with Gasteiger partial charge in [0.25, 0.3) is 0 Å². The van der Waals surface area contributed by atoms with Crippen LogP contribution in [0.1, 0.15) is 24.2 Å². The standard InChI is InChI=1S/C21H20N2O3/c1-25-19-6-2-5-16-12-18(26-21(16)19)9-10-20(24)23(17-7-8-17)14-15-4-3-11-22-13-15/h2-6,9-13,17H,7-8,14H2,1H3/b10-9+. The molecule has 1 aromatic carbocycles. The Morgan fingerprint density at radius 3 is 2.96 bits per heavy atom. The molecule has 26 heavy (non-hydrogen) atoms. The van der Waals surface area contributed by atoms with Gasteiger partial charge in [-0.05, 0) is 42.7 Å². The molecule has 4 rings (SSSR count). The summed E-state index contributed by atoms with van der Waals surface area (Å²) in [7, 11) is 1.61. The molecule has 5 nitrogen and oxygen atoms in total. The highest BCUT2D eigenvalue weighted by Crippen LogP contribution is 2.30. The predicted octanol–water partition coefficient (Wildman–Crippen LogP) is 4.04. The highest BCUT2D eigenvalue weighted by molar-refractivity contribution is 5.93. The van der Waals surface area contributed by atoms with E-state index in [-0.39, 0.29) is 5.91 Å². The predicted molar refractivity (Wildman–Crippen MR) is 99.6 cm³/mol. The number of methoxy groups -OCH3 is 1. The first kappa shape index (κ1) is 16.4. The van der Waals surface area contributed by atoms with Crippen molar-refractivity contribution >= 4 is 23.0 Å². The van der Waals surface area contributed by atoms with Crippen molar-refractivity contribution in [1.29, 1.82) is 0 Å². The fourth-order valence-electron chi connectivity index (χ4n) is 3.01. The van der Waals surface area contributed by atoms with E-state index in [0.717, 1.165) is 23.8 Å². The Hall–Kier alpha value is -3.08. The van der Waals surface area contributed by atoms with Gasteiger partial charge in [-0.2, -0.15) is 0 Å². The van der Waals surface area contributed by atoms with E-state index in [4.69, 9.17) is 9.15 Å². The van der Waals surface area contributed by atoms with Crippen molar-refractivity contribution in [2.24, 2.45) is 0 Å². The minimum Gasteiger partial charge on any atom is -0.493 e. The van der Waals surface area contributed by atoms with Crippen molar-refractivity contribution < 1.29 is 13.9 Å². The Balaban J connectivity index is 1.52. The molecule has 0 aliphatic heterocycles. The Morgan fingerprint density at radius 2 is 2.23 bits per heavy atom. The number of ether oxygens (including phenoxy) is 1. The van der Waals surface area contributed by atoms with Crippen LogP contribution in [0.3, 0.4) is 0 Å². The Labute approximate surface area is 151 Å². The smallest absolute Gasteiger partial charge is 0.247 e. The quantitative estimate of drug-likeness (QED) is 0.631. The van der Waals surface area contributed by atoms with Gasteiger partial charge in [-0.3, -0.25) is 9.78 Å². The fourth-order valence-corrected chi connectivity index (χ4v) is 3.01. The van der Waals surface area contributed by atoms with Crippen LogP contribution in [-0.4, -0.2) is 28.9 Å². The minimum absolute atomic E-state index is 0.0104. The molecule has 3 aromatic rings. The maximum Gasteiger partial charge on any atom is 0.247 e. The number of furan rings is 1. The van der Waals surface area contributed by atoms with E-state index in [2.05, 4.69) is 4.98 Å². The monoisotopic (exact) mass is 348 g/mol. The van der Waals surface area contributed by atoms with Gasteiger partial charge in [-0.1, -0.05) is 18.2 Å². The second-order valence-corrected chi connectivity index (χ2v) is 6.42. The Kier molecular flexibility index (Phi) is 4.44. The van der Waals surface area contributed by atoms with E-state index in [0.29, 0.717) is 29.7 Å². The SMILES string of the molecule is COc1cccc2cc(/C=C/C(=O)N(Cc3cccnc3)C3CC3)oc12. The van der Waals surface area contributed by atoms with Crippen molar-refractivity contribution in [1.82, 2.24) is 9.88 Å². The molecule has 1 saturated carbocycles. The van der Waals surface area contributed by atoms with Crippen LogP contribution in [0.5, 0.6) is 5.75 Å². The van der Waals surface area contributed by atoms with Crippen molar-refractivity contribution in [3.8, 4) is 5.75 Å². The van der Waals surface area contributed by atoms with Gasteiger partial charge >= 0.3 is 0 Å². The van der Waals surface area contributed by atoms with E-state index in [1.54, 1.807) is 31.7 Å². The molecule has 1 amide bonds. The Morgan fingerprint density at radius 1 is 1.35 bits per heavy atom. The normalized spacial score (nSPS) is 14.0. The Bertz CT molecular complexity index is 942. The molecule has 2 heterocycles. The number of benzene rings is 1. The van der Waals surface area contributed by atoms with Gasteiger partial charge in [0.2, 0.25) is 5.91 Å². The van der Waals surface area contributed by atoms with Crippen molar-refractivity contribution in [3.63, 3.8) is 0 Å². The first-order valence-corrected chi connectivity index (χ1v) is 8.69. The van der Waals surface area contributed by atoms with E-state index < -0.39 is 0 Å². The van der Waals surface area contributed by atoms with Gasteiger partial charge < -0.3 is 14.1 Å². The van der Waals surface area contributed by atoms with E-state index in [9.17, 15) is 4.79 Å². The van der Waals surface area contributed by atoms with Gasteiger partial charge in [0.05, 0.1) is 7.11 Å². The van der Waals surface area contributed by atoms with Crippen molar-refractivity contribution in [2.75, 3.05) is 7.11 Å². The number of fused-ring (bicyclic) bond motifs is 1.